The molecule has 1 amide bonds. The fraction of sp³-hybridized carbons (Fsp3) is 0.455. The second kappa shape index (κ2) is 5.33. The molecule has 1 heterocycles. The predicted molar refractivity (Wildman–Crippen MR) is 65.0 cm³/mol. The van der Waals surface area contributed by atoms with E-state index in [1.165, 1.54) is 12.3 Å². The minimum Gasteiger partial charge on any atom is -0.444 e. The first-order chi connectivity index (χ1) is 7.81. The molecule has 0 radical (unpaired) electrons. The van der Waals surface area contributed by atoms with Gasteiger partial charge in [0.15, 0.2) is 5.82 Å². The summed E-state index contributed by atoms with van der Waals surface area (Å²) in [6, 6.07) is 1.53. The lowest BCUT2D eigenvalue weighted by atomic mass is 10.2. The maximum atomic E-state index is 11.5. The van der Waals surface area contributed by atoms with Gasteiger partial charge in [-0.05, 0) is 32.4 Å². The van der Waals surface area contributed by atoms with Gasteiger partial charge in [0.05, 0.1) is 11.6 Å². The van der Waals surface area contributed by atoms with Crippen LogP contribution in [-0.4, -0.2) is 21.8 Å². The van der Waals surface area contributed by atoms with Gasteiger partial charge in [0.2, 0.25) is 0 Å². The molecule has 2 N–H and O–H groups in total. The third kappa shape index (κ3) is 4.58. The summed E-state index contributed by atoms with van der Waals surface area (Å²) >= 11 is 5.88. The van der Waals surface area contributed by atoms with Crippen LogP contribution in [0.15, 0.2) is 12.3 Å². The maximum Gasteiger partial charge on any atom is 0.413 e. The summed E-state index contributed by atoms with van der Waals surface area (Å²) in [7, 11) is 0. The van der Waals surface area contributed by atoms with E-state index in [9.17, 15) is 4.79 Å². The number of pyridine rings is 1. The number of amides is 1. The predicted octanol–water partition coefficient (Wildman–Crippen LogP) is 2.57. The van der Waals surface area contributed by atoms with E-state index >= 15 is 0 Å². The Hall–Kier alpha value is -1.33. The van der Waals surface area contributed by atoms with Crippen LogP contribution in [0, 0.1) is 0 Å². The lowest BCUT2D eigenvalue weighted by molar-refractivity contribution is 0.0635. The van der Waals surface area contributed by atoms with Crippen molar-refractivity contribution in [1.82, 2.24) is 4.98 Å². The van der Waals surface area contributed by atoms with Gasteiger partial charge in [-0.3, -0.25) is 5.32 Å². The highest BCUT2D eigenvalue weighted by atomic mass is 35.5. The number of ether oxygens (including phenoxy) is 1. The molecule has 0 unspecified atom stereocenters. The van der Waals surface area contributed by atoms with E-state index in [2.05, 4.69) is 10.3 Å². The Morgan fingerprint density at radius 2 is 2.24 bits per heavy atom. The topological polar surface area (TPSA) is 71.5 Å². The number of halogens is 1. The summed E-state index contributed by atoms with van der Waals surface area (Å²) < 4.78 is 5.06. The first-order valence-electron chi connectivity index (χ1n) is 5.07. The zero-order valence-electron chi connectivity index (χ0n) is 9.95. The molecule has 94 valence electrons. The average molecular weight is 259 g/mol. The number of hydrogen-bond acceptors (Lipinski definition) is 4. The smallest absolute Gasteiger partial charge is 0.413 e. The quantitative estimate of drug-likeness (QED) is 0.855. The third-order valence-corrected chi connectivity index (χ3v) is 1.99. The van der Waals surface area contributed by atoms with Crippen LogP contribution >= 0.6 is 11.6 Å². The maximum absolute atomic E-state index is 11.5. The van der Waals surface area contributed by atoms with Crippen LogP contribution in [0.5, 0.6) is 0 Å². The summed E-state index contributed by atoms with van der Waals surface area (Å²) in [6.45, 7) is 5.13. The lowest BCUT2D eigenvalue weighted by Gasteiger charge is -2.19. The molecule has 0 saturated heterocycles. The molecule has 0 aliphatic rings. The lowest BCUT2D eigenvalue weighted by Crippen LogP contribution is -2.27. The van der Waals surface area contributed by atoms with Crippen molar-refractivity contribution >= 4 is 23.5 Å². The number of carbonyl (C=O) groups excluding carboxylic acids is 1. The minimum atomic E-state index is -0.622. The molecule has 5 nitrogen and oxygen atoms in total. The molecule has 0 aliphatic heterocycles. The van der Waals surface area contributed by atoms with Gasteiger partial charge >= 0.3 is 6.09 Å². The Morgan fingerprint density at radius 3 is 2.71 bits per heavy atom. The van der Waals surface area contributed by atoms with Crippen LogP contribution in [-0.2, 0) is 11.3 Å². The van der Waals surface area contributed by atoms with Crippen LogP contribution in [0.2, 0.25) is 5.02 Å². The van der Waals surface area contributed by atoms with E-state index in [0.717, 1.165) is 0 Å². The zero-order valence-corrected chi connectivity index (χ0v) is 10.7. The van der Waals surface area contributed by atoms with Gasteiger partial charge in [-0.2, -0.15) is 0 Å². The number of nitrogens with one attached hydrogen (secondary N) is 1. The molecular formula is C11H15ClN2O3. The van der Waals surface area contributed by atoms with Gasteiger partial charge in [0.1, 0.15) is 5.60 Å². The third-order valence-electron chi connectivity index (χ3n) is 1.70. The fourth-order valence-corrected chi connectivity index (χ4v) is 1.29. The van der Waals surface area contributed by atoms with Crippen molar-refractivity contribution in [2.24, 2.45) is 0 Å². The molecule has 0 saturated carbocycles. The number of hydrogen-bond donors (Lipinski definition) is 2. The second-order valence-corrected chi connectivity index (χ2v) is 4.87. The SMILES string of the molecule is CC(C)(C)OC(=O)Nc1ncc(CO)cc1Cl. The van der Waals surface area contributed by atoms with Crippen molar-refractivity contribution in [1.29, 1.82) is 0 Å². The summed E-state index contributed by atoms with van der Waals surface area (Å²) in [6.07, 6.45) is 0.808. The van der Waals surface area contributed by atoms with Gasteiger partial charge in [0, 0.05) is 6.20 Å². The van der Waals surface area contributed by atoms with Crippen molar-refractivity contribution < 1.29 is 14.6 Å². The number of aliphatic hydroxyl groups is 1. The molecule has 0 atom stereocenters. The minimum absolute atomic E-state index is 0.153. The molecule has 0 spiro atoms. The number of rotatable bonds is 2. The monoisotopic (exact) mass is 258 g/mol. The van der Waals surface area contributed by atoms with Crippen LogP contribution in [0.25, 0.3) is 0 Å². The van der Waals surface area contributed by atoms with Crippen molar-refractivity contribution in [3.05, 3.63) is 22.8 Å². The van der Waals surface area contributed by atoms with Crippen molar-refractivity contribution in [3.63, 3.8) is 0 Å². The molecule has 1 aromatic heterocycles. The molecule has 0 bridgehead atoms. The van der Waals surface area contributed by atoms with Gasteiger partial charge in [0.25, 0.3) is 0 Å². The average Bonchev–Trinajstić information content (AvgIpc) is 2.18. The summed E-state index contributed by atoms with van der Waals surface area (Å²) in [5.74, 6) is 0.207. The Balaban J connectivity index is 2.72. The Labute approximate surface area is 105 Å². The van der Waals surface area contributed by atoms with Gasteiger partial charge in [-0.15, -0.1) is 0 Å². The largest absolute Gasteiger partial charge is 0.444 e. The number of aliphatic hydroxyl groups excluding tert-OH is 1. The van der Waals surface area contributed by atoms with E-state index in [1.807, 2.05) is 0 Å². The van der Waals surface area contributed by atoms with Crippen LogP contribution in [0.4, 0.5) is 10.6 Å². The Bertz CT molecular complexity index is 416. The number of anilines is 1. The molecule has 1 aromatic rings. The summed E-state index contributed by atoms with van der Waals surface area (Å²) in [5, 5.41) is 11.6. The van der Waals surface area contributed by atoms with Crippen LogP contribution in [0.1, 0.15) is 26.3 Å². The van der Waals surface area contributed by atoms with E-state index < -0.39 is 11.7 Å². The zero-order chi connectivity index (χ0) is 13.1. The molecular weight excluding hydrogens is 244 g/mol. The van der Waals surface area contributed by atoms with Gasteiger partial charge in [-0.25, -0.2) is 9.78 Å². The normalized spacial score (nSPS) is 11.1. The molecule has 6 heteroatoms. The van der Waals surface area contributed by atoms with E-state index in [-0.39, 0.29) is 17.4 Å². The van der Waals surface area contributed by atoms with Gasteiger partial charge < -0.3 is 9.84 Å². The van der Waals surface area contributed by atoms with E-state index in [0.29, 0.717) is 5.56 Å². The molecule has 0 fully saturated rings. The standard InChI is InChI=1S/C11H15ClN2O3/c1-11(2,3)17-10(16)14-9-8(12)4-7(6-15)5-13-9/h4-5,15H,6H2,1-3H3,(H,13,14,16). The fourth-order valence-electron chi connectivity index (χ4n) is 1.06. The van der Waals surface area contributed by atoms with E-state index in [1.54, 1.807) is 20.8 Å². The second-order valence-electron chi connectivity index (χ2n) is 4.46. The Kier molecular flexibility index (Phi) is 4.31. The van der Waals surface area contributed by atoms with Crippen LogP contribution in [0.3, 0.4) is 0 Å². The molecule has 0 aromatic carbocycles. The van der Waals surface area contributed by atoms with Gasteiger partial charge in [-0.1, -0.05) is 11.6 Å². The molecule has 1 rings (SSSR count). The molecule has 0 aliphatic carbocycles. The van der Waals surface area contributed by atoms with Crippen molar-refractivity contribution in [2.75, 3.05) is 5.32 Å². The highest BCUT2D eigenvalue weighted by molar-refractivity contribution is 6.33. The van der Waals surface area contributed by atoms with Crippen molar-refractivity contribution in [2.45, 2.75) is 33.0 Å². The number of nitrogens with zero attached hydrogens (tertiary/aromatic N) is 1. The number of aromatic nitrogens is 1. The first-order valence-corrected chi connectivity index (χ1v) is 5.45. The van der Waals surface area contributed by atoms with Crippen LogP contribution < -0.4 is 5.32 Å². The summed E-state index contributed by atoms with van der Waals surface area (Å²) in [4.78, 5) is 15.4. The highest BCUT2D eigenvalue weighted by Gasteiger charge is 2.17. The Morgan fingerprint density at radius 1 is 1.59 bits per heavy atom. The molecule has 17 heavy (non-hydrogen) atoms. The first kappa shape index (κ1) is 13.7. The van der Waals surface area contributed by atoms with E-state index in [4.69, 9.17) is 21.4 Å². The van der Waals surface area contributed by atoms with Crippen molar-refractivity contribution in [3.8, 4) is 0 Å². The highest BCUT2D eigenvalue weighted by Crippen LogP contribution is 2.20. The number of carbonyl (C=O) groups is 1. The summed E-state index contributed by atoms with van der Waals surface area (Å²) in [5.41, 5.74) is -0.00792.